The van der Waals surface area contributed by atoms with Gasteiger partial charge in [0.05, 0.1) is 10.3 Å². The second-order valence-corrected chi connectivity index (χ2v) is 6.05. The van der Waals surface area contributed by atoms with Gasteiger partial charge in [-0.2, -0.15) is 0 Å². The molecule has 1 aliphatic heterocycles. The van der Waals surface area contributed by atoms with Crippen LogP contribution in [0.15, 0.2) is 21.3 Å². The number of likely N-dealkylation sites (tertiary alicyclic amines) is 1. The van der Waals surface area contributed by atoms with Crippen molar-refractivity contribution in [1.29, 1.82) is 0 Å². The molecule has 0 atom stereocenters. The minimum Gasteiger partial charge on any atom is -0.453 e. The second-order valence-electron chi connectivity index (χ2n) is 6.05. The van der Waals surface area contributed by atoms with Gasteiger partial charge >= 0.3 is 5.69 Å². The molecule has 0 radical (unpaired) electrons. The van der Waals surface area contributed by atoms with Gasteiger partial charge in [0, 0.05) is 32.0 Å². The minimum atomic E-state index is -1.03. The van der Waals surface area contributed by atoms with Crippen LogP contribution in [0.4, 0.5) is 15.8 Å². The molecule has 1 aromatic carbocycles. The lowest BCUT2D eigenvalue weighted by Crippen LogP contribution is -2.36. The molecule has 1 fully saturated rings. The van der Waals surface area contributed by atoms with Crippen LogP contribution in [0, 0.1) is 15.9 Å². The van der Waals surface area contributed by atoms with Crippen molar-refractivity contribution in [3.63, 3.8) is 0 Å². The highest BCUT2D eigenvalue weighted by molar-refractivity contribution is 5.91. The van der Waals surface area contributed by atoms with Gasteiger partial charge in [-0.1, -0.05) is 0 Å². The van der Waals surface area contributed by atoms with E-state index < -0.39 is 27.5 Å². The average Bonchev–Trinajstić information content (AvgIpc) is 2.56. The zero-order chi connectivity index (χ0) is 18.3. The van der Waals surface area contributed by atoms with E-state index in [4.69, 9.17) is 10.2 Å². The van der Waals surface area contributed by atoms with E-state index in [-0.39, 0.29) is 28.6 Å². The summed E-state index contributed by atoms with van der Waals surface area (Å²) in [7, 11) is 0. The predicted molar refractivity (Wildman–Crippen MR) is 87.7 cm³/mol. The zero-order valence-corrected chi connectivity index (χ0v) is 13.5. The van der Waals surface area contributed by atoms with E-state index in [0.717, 1.165) is 6.07 Å². The van der Waals surface area contributed by atoms with E-state index in [1.807, 2.05) is 0 Å². The van der Waals surface area contributed by atoms with Crippen LogP contribution in [0.3, 0.4) is 0 Å². The molecule has 0 aliphatic carbocycles. The van der Waals surface area contributed by atoms with Crippen molar-refractivity contribution >= 4 is 28.3 Å². The Labute approximate surface area is 141 Å². The Morgan fingerprint density at radius 3 is 2.60 bits per heavy atom. The number of hydrogen-bond donors (Lipinski definition) is 1. The highest BCUT2D eigenvalue weighted by Crippen LogP contribution is 2.35. The van der Waals surface area contributed by atoms with Crippen LogP contribution < -0.4 is 11.2 Å². The molecule has 0 unspecified atom stereocenters. The number of nitrogens with two attached hydrogens (primary N) is 1. The van der Waals surface area contributed by atoms with E-state index in [0.29, 0.717) is 25.9 Å². The number of nitro benzene ring substituents is 1. The number of piperidine rings is 1. The molecule has 2 N–H and O–H groups in total. The number of anilines is 1. The first kappa shape index (κ1) is 16.9. The van der Waals surface area contributed by atoms with E-state index in [1.165, 1.54) is 13.0 Å². The maximum atomic E-state index is 13.8. The number of benzene rings is 1. The fraction of sp³-hybridized carbons (Fsp3) is 0.375. The lowest BCUT2D eigenvalue weighted by atomic mass is 9.93. The van der Waals surface area contributed by atoms with Gasteiger partial charge < -0.3 is 15.1 Å². The summed E-state index contributed by atoms with van der Waals surface area (Å²) in [4.78, 5) is 35.8. The SMILES string of the molecule is CC(=O)N1CCC(c2cc(=O)c3cc(F)c(N)c([N+](=O)[O-])c3o2)CC1. The molecule has 132 valence electrons. The normalized spacial score (nSPS) is 15.5. The number of rotatable bonds is 2. The molecule has 2 heterocycles. The van der Waals surface area contributed by atoms with Gasteiger partial charge in [0.25, 0.3) is 0 Å². The molecule has 9 heteroatoms. The monoisotopic (exact) mass is 349 g/mol. The Hall–Kier alpha value is -2.97. The van der Waals surface area contributed by atoms with Crippen molar-refractivity contribution in [1.82, 2.24) is 4.90 Å². The maximum absolute atomic E-state index is 13.8. The fourth-order valence-electron chi connectivity index (χ4n) is 3.13. The molecule has 0 saturated carbocycles. The number of fused-ring (bicyclic) bond motifs is 1. The molecule has 1 saturated heterocycles. The topological polar surface area (TPSA) is 120 Å². The fourth-order valence-corrected chi connectivity index (χ4v) is 3.13. The Balaban J connectivity index is 2.09. The van der Waals surface area contributed by atoms with Gasteiger partial charge in [0.1, 0.15) is 5.76 Å². The summed E-state index contributed by atoms with van der Waals surface area (Å²) in [5, 5.41) is 11.0. The number of carbonyl (C=O) groups excluding carboxylic acids is 1. The van der Waals surface area contributed by atoms with Crippen LogP contribution in [-0.4, -0.2) is 28.8 Å². The van der Waals surface area contributed by atoms with Gasteiger partial charge in [0.15, 0.2) is 16.9 Å². The maximum Gasteiger partial charge on any atom is 0.337 e. The molecule has 0 bridgehead atoms. The van der Waals surface area contributed by atoms with E-state index in [1.54, 1.807) is 4.90 Å². The highest BCUT2D eigenvalue weighted by Gasteiger charge is 2.28. The number of hydrogen-bond acceptors (Lipinski definition) is 6. The molecular formula is C16H16FN3O5. The van der Waals surface area contributed by atoms with E-state index in [2.05, 4.69) is 0 Å². The first-order valence-electron chi connectivity index (χ1n) is 7.75. The first-order valence-corrected chi connectivity index (χ1v) is 7.75. The number of carbonyl (C=O) groups is 1. The third-order valence-corrected chi connectivity index (χ3v) is 4.53. The number of halogens is 1. The molecule has 1 aromatic heterocycles. The summed E-state index contributed by atoms with van der Waals surface area (Å²) in [6, 6.07) is 2.08. The van der Waals surface area contributed by atoms with Crippen molar-refractivity contribution < 1.29 is 18.5 Å². The van der Waals surface area contributed by atoms with Gasteiger partial charge in [-0.25, -0.2) is 4.39 Å². The van der Waals surface area contributed by atoms with Crippen LogP contribution >= 0.6 is 0 Å². The molecule has 2 aromatic rings. The van der Waals surface area contributed by atoms with Crippen LogP contribution in [0.2, 0.25) is 0 Å². The third kappa shape index (κ3) is 2.92. The van der Waals surface area contributed by atoms with Gasteiger partial charge in [0.2, 0.25) is 11.5 Å². The molecule has 1 aliphatic rings. The van der Waals surface area contributed by atoms with Gasteiger partial charge in [-0.15, -0.1) is 0 Å². The lowest BCUT2D eigenvalue weighted by Gasteiger charge is -2.30. The standard InChI is InChI=1S/C16H16FN3O5/c1-8(21)19-4-2-9(3-5-19)13-7-12(22)10-6-11(17)14(18)15(20(23)24)16(10)25-13/h6-7,9H,2-5,18H2,1H3. The highest BCUT2D eigenvalue weighted by atomic mass is 19.1. The Bertz CT molecular complexity index is 931. The number of amides is 1. The first-order chi connectivity index (χ1) is 11.8. The van der Waals surface area contributed by atoms with Gasteiger partial charge in [-0.05, 0) is 18.9 Å². The zero-order valence-electron chi connectivity index (χ0n) is 13.5. The average molecular weight is 349 g/mol. The molecule has 8 nitrogen and oxygen atoms in total. The van der Waals surface area contributed by atoms with Crippen LogP contribution in [0.1, 0.15) is 31.4 Å². The second kappa shape index (κ2) is 6.15. The van der Waals surface area contributed by atoms with Crippen LogP contribution in [-0.2, 0) is 4.79 Å². The summed E-state index contributed by atoms with van der Waals surface area (Å²) in [6.45, 7) is 2.50. The van der Waals surface area contributed by atoms with Crippen molar-refractivity contribution in [2.75, 3.05) is 18.8 Å². The Morgan fingerprint density at radius 2 is 2.04 bits per heavy atom. The molecule has 25 heavy (non-hydrogen) atoms. The minimum absolute atomic E-state index is 0.0303. The van der Waals surface area contributed by atoms with Gasteiger partial charge in [-0.3, -0.25) is 19.7 Å². The summed E-state index contributed by atoms with van der Waals surface area (Å²) in [6.07, 6.45) is 1.14. The van der Waals surface area contributed by atoms with Crippen molar-refractivity contribution in [3.8, 4) is 0 Å². The molecule has 0 spiro atoms. The number of nitrogen functional groups attached to an aromatic ring is 1. The quantitative estimate of drug-likeness (QED) is 0.504. The summed E-state index contributed by atoms with van der Waals surface area (Å²) in [5.74, 6) is -0.931. The van der Waals surface area contributed by atoms with Crippen LogP contribution in [0.25, 0.3) is 11.0 Å². The predicted octanol–water partition coefficient (Wildman–Crippen LogP) is 2.15. The summed E-state index contributed by atoms with van der Waals surface area (Å²) >= 11 is 0. The Kier molecular flexibility index (Phi) is 4.15. The molecule has 1 amide bonds. The van der Waals surface area contributed by atoms with Crippen molar-refractivity contribution in [2.24, 2.45) is 0 Å². The van der Waals surface area contributed by atoms with E-state index >= 15 is 0 Å². The smallest absolute Gasteiger partial charge is 0.337 e. The number of nitrogens with zero attached hydrogens (tertiary/aromatic N) is 2. The number of nitro groups is 1. The van der Waals surface area contributed by atoms with E-state index in [9.17, 15) is 24.1 Å². The van der Waals surface area contributed by atoms with Crippen molar-refractivity contribution in [2.45, 2.75) is 25.7 Å². The largest absolute Gasteiger partial charge is 0.453 e. The summed E-state index contributed by atoms with van der Waals surface area (Å²) < 4.78 is 19.4. The third-order valence-electron chi connectivity index (χ3n) is 4.53. The molecule has 3 rings (SSSR count). The van der Waals surface area contributed by atoms with Crippen LogP contribution in [0.5, 0.6) is 0 Å². The Morgan fingerprint density at radius 1 is 1.40 bits per heavy atom. The lowest BCUT2D eigenvalue weighted by molar-refractivity contribution is -0.382. The molecular weight excluding hydrogens is 333 g/mol. The summed E-state index contributed by atoms with van der Waals surface area (Å²) in [5.41, 5.74) is 3.17. The van der Waals surface area contributed by atoms with Crippen molar-refractivity contribution in [3.05, 3.63) is 44.0 Å².